The van der Waals surface area contributed by atoms with Crippen LogP contribution >= 0.6 is 59.8 Å². The lowest BCUT2D eigenvalue weighted by molar-refractivity contribution is -0.300. The molecule has 0 aromatic heterocycles. The average molecular weight is 595 g/mol. The second-order valence-electron chi connectivity index (χ2n) is 7.99. The van der Waals surface area contributed by atoms with Gasteiger partial charge < -0.3 is 19.5 Å². The number of amidine groups is 1. The Bertz CT molecular complexity index is 1390. The van der Waals surface area contributed by atoms with Crippen LogP contribution in [0, 0.1) is 0 Å². The van der Waals surface area contributed by atoms with Crippen molar-refractivity contribution >= 4 is 75.8 Å². The van der Waals surface area contributed by atoms with Crippen molar-refractivity contribution in [2.24, 2.45) is 4.99 Å². The maximum atomic E-state index is 12.3. The maximum absolute atomic E-state index is 12.3. The molecule has 0 fully saturated rings. The number of aliphatic carboxylic acids is 1. The fourth-order valence-corrected chi connectivity index (χ4v) is 6.00. The first kappa shape index (κ1) is 29.0. The lowest BCUT2D eigenvalue weighted by Crippen LogP contribution is -2.38. The molecular formula is C27H21Cl4N2O3S-. The molecule has 2 aliphatic heterocycles. The Morgan fingerprint density at radius 1 is 1.00 bits per heavy atom. The molecule has 5 rings (SSSR count). The first-order chi connectivity index (χ1) is 16.9. The Morgan fingerprint density at radius 2 is 1.65 bits per heavy atom. The SMILES string of the molecule is CC1=C(C(=O)[O-])C(c2ccccc2OCc2ccccc2)N2C=C(c3c(Cl)cccc3Cl)SC2=N1.Cl.Cl. The van der Waals surface area contributed by atoms with Crippen molar-refractivity contribution < 1.29 is 14.6 Å². The summed E-state index contributed by atoms with van der Waals surface area (Å²) in [5, 5.41) is 13.9. The van der Waals surface area contributed by atoms with Crippen molar-refractivity contribution in [1.82, 2.24) is 4.90 Å². The third-order valence-electron chi connectivity index (χ3n) is 5.76. The van der Waals surface area contributed by atoms with Gasteiger partial charge in [0.2, 0.25) is 0 Å². The van der Waals surface area contributed by atoms with Gasteiger partial charge in [-0.1, -0.05) is 77.8 Å². The minimum Gasteiger partial charge on any atom is -0.545 e. The topological polar surface area (TPSA) is 65.0 Å². The molecule has 0 aliphatic carbocycles. The summed E-state index contributed by atoms with van der Waals surface area (Å²) >= 11 is 14.3. The van der Waals surface area contributed by atoms with Gasteiger partial charge in [-0.25, -0.2) is 4.99 Å². The summed E-state index contributed by atoms with van der Waals surface area (Å²) in [7, 11) is 0. The molecular weight excluding hydrogens is 574 g/mol. The quantitative estimate of drug-likeness (QED) is 0.311. The highest BCUT2D eigenvalue weighted by molar-refractivity contribution is 8.22. The maximum Gasteiger partial charge on any atom is 0.173 e. The molecule has 0 saturated heterocycles. The number of halogens is 4. The minimum absolute atomic E-state index is 0. The molecule has 3 aromatic rings. The van der Waals surface area contributed by atoms with Gasteiger partial charge in [0, 0.05) is 33.5 Å². The number of thioether (sulfide) groups is 1. The molecule has 1 unspecified atom stereocenters. The van der Waals surface area contributed by atoms with E-state index in [2.05, 4.69) is 4.99 Å². The highest BCUT2D eigenvalue weighted by Crippen LogP contribution is 2.49. The van der Waals surface area contributed by atoms with Crippen LogP contribution < -0.4 is 9.84 Å². The zero-order chi connectivity index (χ0) is 24.5. The molecule has 0 saturated carbocycles. The van der Waals surface area contributed by atoms with Crippen LogP contribution in [0.15, 0.2) is 95.3 Å². The molecule has 0 spiro atoms. The summed E-state index contributed by atoms with van der Waals surface area (Å²) in [6.45, 7) is 2.02. The molecule has 0 amide bonds. The van der Waals surface area contributed by atoms with Gasteiger partial charge in [0.25, 0.3) is 0 Å². The van der Waals surface area contributed by atoms with Crippen LogP contribution in [0.25, 0.3) is 4.91 Å². The van der Waals surface area contributed by atoms with E-state index < -0.39 is 12.0 Å². The highest BCUT2D eigenvalue weighted by Gasteiger charge is 2.38. The van der Waals surface area contributed by atoms with Gasteiger partial charge in [-0.05, 0) is 42.4 Å². The number of ether oxygens (including phenoxy) is 1. The minimum atomic E-state index is -1.28. The molecule has 5 nitrogen and oxygen atoms in total. The average Bonchev–Trinajstić information content (AvgIpc) is 3.25. The predicted molar refractivity (Wildman–Crippen MR) is 153 cm³/mol. The van der Waals surface area contributed by atoms with Crippen molar-refractivity contribution in [1.29, 1.82) is 0 Å². The second-order valence-corrected chi connectivity index (χ2v) is 9.82. The smallest absolute Gasteiger partial charge is 0.173 e. The number of nitrogens with zero attached hydrogens (tertiary/aromatic N) is 2. The van der Waals surface area contributed by atoms with E-state index in [1.165, 1.54) is 11.8 Å². The van der Waals surface area contributed by atoms with Crippen LogP contribution in [0.3, 0.4) is 0 Å². The van der Waals surface area contributed by atoms with Crippen molar-refractivity contribution in [3.05, 3.63) is 117 Å². The zero-order valence-electron chi connectivity index (χ0n) is 19.4. The van der Waals surface area contributed by atoms with E-state index in [0.29, 0.717) is 44.4 Å². The molecule has 3 aromatic carbocycles. The Morgan fingerprint density at radius 3 is 2.32 bits per heavy atom. The number of carboxylic acid groups (broad SMARTS) is 1. The zero-order valence-corrected chi connectivity index (χ0v) is 23.4. The number of hydrogen-bond acceptors (Lipinski definition) is 6. The molecule has 0 N–H and O–H groups in total. The number of hydrogen-bond donors (Lipinski definition) is 0. The van der Waals surface area contributed by atoms with Gasteiger partial charge in [-0.3, -0.25) is 0 Å². The van der Waals surface area contributed by atoms with E-state index in [1.807, 2.05) is 65.7 Å². The molecule has 0 bridgehead atoms. The van der Waals surface area contributed by atoms with Crippen LogP contribution in [-0.2, 0) is 11.4 Å². The fraction of sp³-hybridized carbons (Fsp3) is 0.111. The van der Waals surface area contributed by atoms with Crippen LogP contribution in [0.1, 0.15) is 29.7 Å². The number of fused-ring (bicyclic) bond motifs is 1. The van der Waals surface area contributed by atoms with Gasteiger partial charge in [0.15, 0.2) is 5.17 Å². The van der Waals surface area contributed by atoms with Gasteiger partial charge in [0.1, 0.15) is 12.4 Å². The van der Waals surface area contributed by atoms with E-state index in [1.54, 1.807) is 25.1 Å². The molecule has 37 heavy (non-hydrogen) atoms. The third-order valence-corrected chi connectivity index (χ3v) is 7.41. The largest absolute Gasteiger partial charge is 0.545 e. The van der Waals surface area contributed by atoms with E-state index in [4.69, 9.17) is 27.9 Å². The molecule has 10 heteroatoms. The van der Waals surface area contributed by atoms with Crippen LogP contribution in [-0.4, -0.2) is 16.0 Å². The number of aliphatic imine (C=N–C) groups is 1. The molecule has 2 aliphatic rings. The molecule has 1 atom stereocenters. The summed E-state index contributed by atoms with van der Waals surface area (Å²) < 4.78 is 6.17. The Hall–Kier alpha value is -2.61. The van der Waals surface area contributed by atoms with Gasteiger partial charge in [-0.15, -0.1) is 24.8 Å². The summed E-state index contributed by atoms with van der Waals surface area (Å²) in [6, 6.07) is 21.8. The van der Waals surface area contributed by atoms with Crippen LogP contribution in [0.4, 0.5) is 0 Å². The normalized spacial score (nSPS) is 16.2. The molecule has 192 valence electrons. The number of para-hydroxylation sites is 1. The summed E-state index contributed by atoms with van der Waals surface area (Å²) in [5.74, 6) is -0.701. The van der Waals surface area contributed by atoms with Crippen LogP contribution in [0.2, 0.25) is 10.0 Å². The number of carbonyl (C=O) groups excluding carboxylic acids is 1. The van der Waals surface area contributed by atoms with E-state index in [9.17, 15) is 9.90 Å². The van der Waals surface area contributed by atoms with Gasteiger partial charge >= 0.3 is 0 Å². The number of rotatable bonds is 6. The highest BCUT2D eigenvalue weighted by atomic mass is 35.5. The first-order valence-electron chi connectivity index (χ1n) is 10.8. The number of allylic oxidation sites excluding steroid dienone is 1. The first-order valence-corrected chi connectivity index (χ1v) is 12.4. The van der Waals surface area contributed by atoms with Gasteiger partial charge in [-0.2, -0.15) is 0 Å². The van der Waals surface area contributed by atoms with Crippen molar-refractivity contribution in [3.63, 3.8) is 0 Å². The Kier molecular flexibility index (Phi) is 9.62. The summed E-state index contributed by atoms with van der Waals surface area (Å²) in [5.41, 5.74) is 2.84. The second kappa shape index (κ2) is 12.3. The lowest BCUT2D eigenvalue weighted by atomic mass is 9.94. The van der Waals surface area contributed by atoms with Crippen molar-refractivity contribution in [3.8, 4) is 5.75 Å². The van der Waals surface area contributed by atoms with Crippen LogP contribution in [0.5, 0.6) is 5.75 Å². The van der Waals surface area contributed by atoms with Gasteiger partial charge in [0.05, 0.1) is 22.1 Å². The van der Waals surface area contributed by atoms with E-state index >= 15 is 0 Å². The van der Waals surface area contributed by atoms with Crippen molar-refractivity contribution in [2.45, 2.75) is 19.6 Å². The summed E-state index contributed by atoms with van der Waals surface area (Å²) in [6.07, 6.45) is 1.84. The number of carboxylic acids is 1. The fourth-order valence-electron chi connectivity index (χ4n) is 4.15. The number of benzene rings is 3. The Labute approximate surface area is 241 Å². The molecule has 2 heterocycles. The Balaban J connectivity index is 0.00000190. The number of carbonyl (C=O) groups is 1. The molecule has 0 radical (unpaired) electrons. The summed E-state index contributed by atoms with van der Waals surface area (Å²) in [4.78, 5) is 19.5. The standard InChI is InChI=1S/C27H20Cl2N2O3S.2ClH/c1-16-23(26(32)33)25(18-10-5-6-13-21(18)34-15-17-8-3-2-4-9-17)31-14-22(35-27(31)30-16)24-19(28)11-7-12-20(24)29;;/h2-14,25H,15H2,1H3,(H,32,33);2*1H/p-1. The lowest BCUT2D eigenvalue weighted by Gasteiger charge is -2.35. The third kappa shape index (κ3) is 5.79. The monoisotopic (exact) mass is 593 g/mol. The van der Waals surface area contributed by atoms with Crippen molar-refractivity contribution in [2.75, 3.05) is 0 Å². The predicted octanol–water partition coefficient (Wildman–Crippen LogP) is 6.90. The van der Waals surface area contributed by atoms with E-state index in [-0.39, 0.29) is 30.4 Å². The van der Waals surface area contributed by atoms with E-state index in [0.717, 1.165) is 10.5 Å².